The Morgan fingerprint density at radius 3 is 2.34 bits per heavy atom. The van der Waals surface area contributed by atoms with E-state index in [4.69, 9.17) is 4.74 Å². The van der Waals surface area contributed by atoms with Gasteiger partial charge in [-0.2, -0.15) is 4.31 Å². The maximum Gasteiger partial charge on any atom is 0.341 e. The van der Waals surface area contributed by atoms with Gasteiger partial charge < -0.3 is 10.1 Å². The van der Waals surface area contributed by atoms with E-state index in [-0.39, 0.29) is 24.5 Å². The number of esters is 1. The van der Waals surface area contributed by atoms with Crippen LogP contribution in [0.2, 0.25) is 0 Å². The van der Waals surface area contributed by atoms with Gasteiger partial charge in [-0.15, -0.1) is 0 Å². The van der Waals surface area contributed by atoms with Crippen LogP contribution in [-0.4, -0.2) is 44.3 Å². The van der Waals surface area contributed by atoms with Crippen LogP contribution in [0, 0.1) is 5.82 Å². The van der Waals surface area contributed by atoms with E-state index < -0.39 is 39.9 Å². The first-order chi connectivity index (χ1) is 13.8. The van der Waals surface area contributed by atoms with Crippen LogP contribution in [0.5, 0.6) is 0 Å². The van der Waals surface area contributed by atoms with Crippen molar-refractivity contribution in [2.75, 3.05) is 19.7 Å². The highest BCUT2D eigenvalue weighted by molar-refractivity contribution is 7.89. The fourth-order valence-electron chi connectivity index (χ4n) is 2.59. The normalized spacial score (nSPS) is 11.3. The van der Waals surface area contributed by atoms with Crippen LogP contribution < -0.4 is 5.32 Å². The van der Waals surface area contributed by atoms with Crippen molar-refractivity contribution in [3.8, 4) is 0 Å². The predicted molar refractivity (Wildman–Crippen MR) is 105 cm³/mol. The van der Waals surface area contributed by atoms with Crippen molar-refractivity contribution in [1.29, 1.82) is 0 Å². The van der Waals surface area contributed by atoms with Crippen molar-refractivity contribution < 1.29 is 27.1 Å². The average Bonchev–Trinajstić information content (AvgIpc) is 2.72. The molecule has 0 spiro atoms. The summed E-state index contributed by atoms with van der Waals surface area (Å²) in [6.07, 6.45) is 0. The third kappa shape index (κ3) is 5.85. The lowest BCUT2D eigenvalue weighted by molar-refractivity contribution is -0.124. The standard InChI is InChI=1S/C20H23FN2O5S/c1-3-23(4-2)29(26,27)16-10-11-18(21)17(12-16)20(25)28-14-19(24)22-13-15-8-6-5-7-9-15/h5-12H,3-4,13-14H2,1-2H3,(H,22,24). The largest absolute Gasteiger partial charge is 0.452 e. The number of benzene rings is 2. The van der Waals surface area contributed by atoms with E-state index in [1.807, 2.05) is 30.3 Å². The Morgan fingerprint density at radius 1 is 1.07 bits per heavy atom. The van der Waals surface area contributed by atoms with E-state index >= 15 is 0 Å². The minimum Gasteiger partial charge on any atom is -0.452 e. The molecule has 0 aliphatic carbocycles. The molecule has 0 bridgehead atoms. The van der Waals surface area contributed by atoms with Crippen LogP contribution in [0.25, 0.3) is 0 Å². The Kier molecular flexibility index (Phi) is 7.86. The molecule has 7 nitrogen and oxygen atoms in total. The van der Waals surface area contributed by atoms with Crippen molar-refractivity contribution in [2.45, 2.75) is 25.3 Å². The summed E-state index contributed by atoms with van der Waals surface area (Å²) in [5.74, 6) is -2.61. The van der Waals surface area contributed by atoms with E-state index in [2.05, 4.69) is 5.32 Å². The van der Waals surface area contributed by atoms with E-state index in [0.29, 0.717) is 0 Å². The molecule has 0 saturated heterocycles. The molecule has 0 radical (unpaired) electrons. The Labute approximate surface area is 169 Å². The van der Waals surface area contributed by atoms with Crippen molar-refractivity contribution >= 4 is 21.9 Å². The zero-order chi connectivity index (χ0) is 21.4. The third-order valence-electron chi connectivity index (χ3n) is 4.17. The van der Waals surface area contributed by atoms with Crippen molar-refractivity contribution in [3.63, 3.8) is 0 Å². The molecular weight excluding hydrogens is 399 g/mol. The second kappa shape index (κ2) is 10.1. The van der Waals surface area contributed by atoms with Gasteiger partial charge in [0.15, 0.2) is 6.61 Å². The fourth-order valence-corrected chi connectivity index (χ4v) is 4.08. The first-order valence-corrected chi connectivity index (χ1v) is 10.5. The van der Waals surface area contributed by atoms with Crippen LogP contribution in [-0.2, 0) is 26.1 Å². The molecule has 29 heavy (non-hydrogen) atoms. The molecule has 1 N–H and O–H groups in total. The molecule has 1 amide bonds. The molecule has 156 valence electrons. The molecule has 0 aromatic heterocycles. The van der Waals surface area contributed by atoms with E-state index in [9.17, 15) is 22.4 Å². The zero-order valence-electron chi connectivity index (χ0n) is 16.2. The fraction of sp³-hybridized carbons (Fsp3) is 0.300. The first kappa shape index (κ1) is 22.5. The summed E-state index contributed by atoms with van der Waals surface area (Å²) in [5.41, 5.74) is 0.321. The van der Waals surface area contributed by atoms with Crippen LogP contribution in [0.1, 0.15) is 29.8 Å². The summed E-state index contributed by atoms with van der Waals surface area (Å²) in [6, 6.07) is 12.0. The molecule has 2 rings (SSSR count). The molecule has 2 aromatic carbocycles. The maximum atomic E-state index is 14.1. The summed E-state index contributed by atoms with van der Waals surface area (Å²) in [6.45, 7) is 3.46. The molecular formula is C20H23FN2O5S. The van der Waals surface area contributed by atoms with Gasteiger partial charge >= 0.3 is 5.97 Å². The van der Waals surface area contributed by atoms with Gasteiger partial charge in [0.1, 0.15) is 5.82 Å². The number of hydrogen-bond donors (Lipinski definition) is 1. The van der Waals surface area contributed by atoms with Crippen LogP contribution in [0.3, 0.4) is 0 Å². The monoisotopic (exact) mass is 422 g/mol. The quantitative estimate of drug-likeness (QED) is 0.626. The van der Waals surface area contributed by atoms with Crippen molar-refractivity contribution in [1.82, 2.24) is 9.62 Å². The minimum absolute atomic E-state index is 0.219. The van der Waals surface area contributed by atoms with Gasteiger partial charge in [0.05, 0.1) is 10.5 Å². The van der Waals surface area contributed by atoms with Crippen LogP contribution in [0.4, 0.5) is 4.39 Å². The number of nitrogens with one attached hydrogen (secondary N) is 1. The summed E-state index contributed by atoms with van der Waals surface area (Å²) in [5, 5.41) is 2.57. The maximum absolute atomic E-state index is 14.1. The second-order valence-electron chi connectivity index (χ2n) is 6.07. The number of carbonyl (C=O) groups excluding carboxylic acids is 2. The SMILES string of the molecule is CCN(CC)S(=O)(=O)c1ccc(F)c(C(=O)OCC(=O)NCc2ccccc2)c1. The summed E-state index contributed by atoms with van der Waals surface area (Å²) < 4.78 is 45.2. The molecule has 0 aliphatic heterocycles. The van der Waals surface area contributed by atoms with Crippen LogP contribution in [0.15, 0.2) is 53.4 Å². The van der Waals surface area contributed by atoms with E-state index in [0.717, 1.165) is 23.8 Å². The summed E-state index contributed by atoms with van der Waals surface area (Å²) in [4.78, 5) is 23.8. The van der Waals surface area contributed by atoms with Gasteiger partial charge in [0.2, 0.25) is 10.0 Å². The second-order valence-corrected chi connectivity index (χ2v) is 8.01. The lowest BCUT2D eigenvalue weighted by atomic mass is 10.2. The number of ether oxygens (including phenoxy) is 1. The van der Waals surface area contributed by atoms with Crippen molar-refractivity contribution in [2.24, 2.45) is 0 Å². The number of amides is 1. The van der Waals surface area contributed by atoms with E-state index in [1.165, 1.54) is 4.31 Å². The number of sulfonamides is 1. The Balaban J connectivity index is 2.04. The van der Waals surface area contributed by atoms with Gasteiger partial charge in [0, 0.05) is 19.6 Å². The Hall–Kier alpha value is -2.78. The first-order valence-electron chi connectivity index (χ1n) is 9.07. The summed E-state index contributed by atoms with van der Waals surface area (Å²) >= 11 is 0. The zero-order valence-corrected chi connectivity index (χ0v) is 17.0. The molecule has 0 saturated carbocycles. The molecule has 0 heterocycles. The van der Waals surface area contributed by atoms with Gasteiger partial charge in [-0.1, -0.05) is 44.2 Å². The molecule has 0 fully saturated rings. The topological polar surface area (TPSA) is 92.8 Å². The molecule has 0 atom stereocenters. The van der Waals surface area contributed by atoms with Gasteiger partial charge in [-0.25, -0.2) is 17.6 Å². The predicted octanol–water partition coefficient (Wildman–Crippen LogP) is 2.33. The van der Waals surface area contributed by atoms with Gasteiger partial charge in [-0.05, 0) is 23.8 Å². The average molecular weight is 422 g/mol. The highest BCUT2D eigenvalue weighted by atomic mass is 32.2. The Bertz CT molecular complexity index is 960. The minimum atomic E-state index is -3.86. The lowest BCUT2D eigenvalue weighted by Gasteiger charge is -2.18. The molecule has 0 aliphatic rings. The third-order valence-corrected chi connectivity index (χ3v) is 6.21. The lowest BCUT2D eigenvalue weighted by Crippen LogP contribution is -2.31. The number of halogens is 1. The summed E-state index contributed by atoms with van der Waals surface area (Å²) in [7, 11) is -3.86. The smallest absolute Gasteiger partial charge is 0.341 e. The van der Waals surface area contributed by atoms with Gasteiger partial charge in [0.25, 0.3) is 5.91 Å². The molecule has 9 heteroatoms. The number of carbonyl (C=O) groups is 2. The van der Waals surface area contributed by atoms with Gasteiger partial charge in [-0.3, -0.25) is 4.79 Å². The number of hydrogen-bond acceptors (Lipinski definition) is 5. The number of rotatable bonds is 9. The highest BCUT2D eigenvalue weighted by Gasteiger charge is 2.25. The molecule has 0 unspecified atom stereocenters. The highest BCUT2D eigenvalue weighted by Crippen LogP contribution is 2.20. The van der Waals surface area contributed by atoms with Crippen molar-refractivity contribution in [3.05, 3.63) is 65.5 Å². The Morgan fingerprint density at radius 2 is 1.72 bits per heavy atom. The van der Waals surface area contributed by atoms with E-state index in [1.54, 1.807) is 13.8 Å². The van der Waals surface area contributed by atoms with Crippen LogP contribution >= 0.6 is 0 Å². The molecule has 2 aromatic rings. The number of nitrogens with zero attached hydrogens (tertiary/aromatic N) is 1.